The predicted molar refractivity (Wildman–Crippen MR) is 118 cm³/mol. The molecule has 0 saturated carbocycles. The Balaban J connectivity index is 1.43. The molecule has 17 heteroatoms. The van der Waals surface area contributed by atoms with Gasteiger partial charge in [-0.25, -0.2) is 9.07 Å². The Labute approximate surface area is 214 Å². The van der Waals surface area contributed by atoms with Gasteiger partial charge >= 0.3 is 12.4 Å². The Hall–Kier alpha value is -3.50. The summed E-state index contributed by atoms with van der Waals surface area (Å²) < 4.78 is 90.4. The van der Waals surface area contributed by atoms with Crippen molar-refractivity contribution < 1.29 is 40.3 Å². The summed E-state index contributed by atoms with van der Waals surface area (Å²) in [6, 6.07) is 1.62. The van der Waals surface area contributed by atoms with Gasteiger partial charge in [-0.3, -0.25) is 14.6 Å². The molecule has 206 valence electrons. The average Bonchev–Trinajstić information content (AvgIpc) is 3.50. The zero-order valence-corrected chi connectivity index (χ0v) is 20.2. The maximum Gasteiger partial charge on any atom is 0.416 e. The van der Waals surface area contributed by atoms with Crippen LogP contribution in [0.3, 0.4) is 0 Å². The van der Waals surface area contributed by atoms with Crippen LogP contribution in [0.25, 0.3) is 0 Å². The Morgan fingerprint density at radius 1 is 1.11 bits per heavy atom. The number of alkyl halides is 7. The normalized spacial score (nSPS) is 12.9. The summed E-state index contributed by atoms with van der Waals surface area (Å²) in [6.45, 7) is -0.534. The number of hydrogen-bond acceptors (Lipinski definition) is 8. The number of ketones is 1. The molecule has 0 aliphatic carbocycles. The first-order chi connectivity index (χ1) is 17.8. The van der Waals surface area contributed by atoms with E-state index >= 15 is 0 Å². The molecule has 38 heavy (non-hydrogen) atoms. The molecule has 9 nitrogen and oxygen atoms in total. The van der Waals surface area contributed by atoms with E-state index < -0.39 is 42.2 Å². The first-order valence-electron chi connectivity index (χ1n) is 11.1. The molecule has 1 N–H and O–H groups in total. The van der Waals surface area contributed by atoms with Crippen molar-refractivity contribution in [3.8, 4) is 0 Å². The Morgan fingerprint density at radius 3 is 2.58 bits per heavy atom. The van der Waals surface area contributed by atoms with Crippen LogP contribution in [-0.2, 0) is 25.7 Å². The number of pyridine rings is 1. The van der Waals surface area contributed by atoms with E-state index in [9.17, 15) is 40.3 Å². The number of hydrogen-bond donors (Lipinski definition) is 1. The van der Waals surface area contributed by atoms with Gasteiger partial charge in [-0.1, -0.05) is 16.6 Å². The summed E-state index contributed by atoms with van der Waals surface area (Å²) in [6.07, 6.45) is -9.98. The quantitative estimate of drug-likeness (QED) is 0.256. The van der Waals surface area contributed by atoms with Crippen molar-refractivity contribution in [3.63, 3.8) is 0 Å². The van der Waals surface area contributed by atoms with E-state index in [0.29, 0.717) is 5.01 Å². The second kappa shape index (κ2) is 12.4. The lowest BCUT2D eigenvalue weighted by Crippen LogP contribution is -2.23. The van der Waals surface area contributed by atoms with Crippen LogP contribution in [0.4, 0.5) is 30.7 Å². The van der Waals surface area contributed by atoms with Crippen molar-refractivity contribution >= 4 is 23.0 Å². The van der Waals surface area contributed by atoms with Gasteiger partial charge < -0.3 is 5.32 Å². The van der Waals surface area contributed by atoms with Gasteiger partial charge in [0, 0.05) is 25.5 Å². The zero-order valence-electron chi connectivity index (χ0n) is 19.4. The molecule has 0 aromatic carbocycles. The lowest BCUT2D eigenvalue weighted by Gasteiger charge is -2.08. The highest BCUT2D eigenvalue weighted by molar-refractivity contribution is 7.13. The van der Waals surface area contributed by atoms with Gasteiger partial charge in [-0.05, 0) is 25.0 Å². The molecule has 3 rings (SSSR count). The molecular formula is C21H20F7N7O2S. The van der Waals surface area contributed by atoms with Crippen molar-refractivity contribution in [2.75, 3.05) is 0 Å². The number of Topliss-reactive ketones (excluding diaryl/α,β-unsaturated/α-hetero) is 1. The summed E-state index contributed by atoms with van der Waals surface area (Å²) in [5.41, 5.74) is -1.05. The van der Waals surface area contributed by atoms with E-state index in [-0.39, 0.29) is 55.2 Å². The summed E-state index contributed by atoms with van der Waals surface area (Å²) in [5, 5.41) is 17.4. The summed E-state index contributed by atoms with van der Waals surface area (Å²) in [7, 11) is 0. The highest BCUT2D eigenvalue weighted by Crippen LogP contribution is 2.29. The lowest BCUT2D eigenvalue weighted by molar-refractivity contribution is -0.138. The van der Waals surface area contributed by atoms with Crippen molar-refractivity contribution in [3.05, 3.63) is 51.5 Å². The summed E-state index contributed by atoms with van der Waals surface area (Å²) in [4.78, 5) is 27.9. The fourth-order valence-corrected chi connectivity index (χ4v) is 3.88. The minimum absolute atomic E-state index is 0.00235. The van der Waals surface area contributed by atoms with Crippen molar-refractivity contribution in [2.24, 2.45) is 0 Å². The fraction of sp³-hybridized carbons (Fsp3) is 0.476. The first-order valence-corrected chi connectivity index (χ1v) is 11.9. The fourth-order valence-electron chi connectivity index (χ4n) is 3.11. The number of amides is 1. The van der Waals surface area contributed by atoms with E-state index in [2.05, 4.69) is 30.8 Å². The van der Waals surface area contributed by atoms with Gasteiger partial charge in [-0.15, -0.1) is 15.3 Å². The second-order valence-electron chi connectivity index (χ2n) is 8.07. The smallest absolute Gasteiger partial charge is 0.344 e. The van der Waals surface area contributed by atoms with Crippen LogP contribution < -0.4 is 5.32 Å². The number of aromatic nitrogens is 6. The molecule has 3 aromatic heterocycles. The number of halogens is 7. The molecule has 1 amide bonds. The SMILES string of the molecule is O=C(CCCC(F)(F)F)c1cn(CC(F)CCc2nnc(C(=O)NCc3cc(C(F)(F)F)ccn3)s2)nn1. The molecule has 3 heterocycles. The lowest BCUT2D eigenvalue weighted by atomic mass is 10.1. The number of rotatable bonds is 12. The molecule has 0 aliphatic heterocycles. The van der Waals surface area contributed by atoms with Crippen LogP contribution in [0.5, 0.6) is 0 Å². The van der Waals surface area contributed by atoms with E-state index in [4.69, 9.17) is 0 Å². The highest BCUT2D eigenvalue weighted by atomic mass is 32.1. The maximum atomic E-state index is 14.4. The molecule has 0 aliphatic rings. The van der Waals surface area contributed by atoms with Crippen LogP contribution in [0.2, 0.25) is 0 Å². The van der Waals surface area contributed by atoms with Crippen LogP contribution >= 0.6 is 11.3 Å². The highest BCUT2D eigenvalue weighted by Gasteiger charge is 2.30. The molecule has 0 saturated heterocycles. The number of carbonyl (C=O) groups excluding carboxylic acids is 2. The number of nitrogens with one attached hydrogen (secondary N) is 1. The minimum Gasteiger partial charge on any atom is -0.344 e. The molecule has 1 atom stereocenters. The van der Waals surface area contributed by atoms with Crippen molar-refractivity contribution in [2.45, 2.75) is 63.7 Å². The molecule has 3 aromatic rings. The Kier molecular flexibility index (Phi) is 9.45. The van der Waals surface area contributed by atoms with E-state index in [1.807, 2.05) is 0 Å². The third-order valence-electron chi connectivity index (χ3n) is 4.98. The van der Waals surface area contributed by atoms with Crippen LogP contribution in [-0.4, -0.2) is 54.2 Å². The zero-order chi connectivity index (χ0) is 27.9. The second-order valence-corrected chi connectivity index (χ2v) is 9.13. The third kappa shape index (κ3) is 9.11. The monoisotopic (exact) mass is 567 g/mol. The van der Waals surface area contributed by atoms with E-state index in [0.717, 1.165) is 40.5 Å². The van der Waals surface area contributed by atoms with Crippen LogP contribution in [0, 0.1) is 0 Å². The maximum absolute atomic E-state index is 14.4. The van der Waals surface area contributed by atoms with Crippen molar-refractivity contribution in [1.29, 1.82) is 0 Å². The van der Waals surface area contributed by atoms with Gasteiger partial charge in [0.2, 0.25) is 5.01 Å². The Morgan fingerprint density at radius 2 is 1.87 bits per heavy atom. The molecule has 0 spiro atoms. The largest absolute Gasteiger partial charge is 0.416 e. The molecule has 0 fully saturated rings. The average molecular weight is 567 g/mol. The van der Waals surface area contributed by atoms with Crippen molar-refractivity contribution in [1.82, 2.24) is 35.5 Å². The molecular weight excluding hydrogens is 547 g/mol. The first kappa shape index (κ1) is 29.1. The van der Waals surface area contributed by atoms with Gasteiger partial charge in [-0.2, -0.15) is 26.3 Å². The molecule has 0 radical (unpaired) electrons. The number of nitrogens with zero attached hydrogens (tertiary/aromatic N) is 6. The van der Waals surface area contributed by atoms with Gasteiger partial charge in [0.1, 0.15) is 16.9 Å². The topological polar surface area (TPSA) is 116 Å². The molecule has 1 unspecified atom stereocenters. The standard InChI is InChI=1S/C21H20F7N7O2S/c22-13(10-35-11-15(31-34-35)16(36)2-1-6-20(23,24)25)3-4-17-32-33-19(38-17)18(37)30-9-14-8-12(5-7-29-14)21(26,27)28/h5,7-8,11,13H,1-4,6,9-10H2,(H,30,37). The number of aryl methyl sites for hydroxylation is 1. The summed E-state index contributed by atoms with van der Waals surface area (Å²) in [5.74, 6) is -1.31. The van der Waals surface area contributed by atoms with Gasteiger partial charge in [0.25, 0.3) is 5.91 Å². The van der Waals surface area contributed by atoms with E-state index in [1.165, 1.54) is 0 Å². The Bertz CT molecular complexity index is 1240. The number of carbonyl (C=O) groups is 2. The van der Waals surface area contributed by atoms with E-state index in [1.54, 1.807) is 0 Å². The summed E-state index contributed by atoms with van der Waals surface area (Å²) >= 11 is 0.888. The van der Waals surface area contributed by atoms with Crippen LogP contribution in [0.1, 0.15) is 62.2 Å². The molecule has 0 bridgehead atoms. The third-order valence-corrected chi connectivity index (χ3v) is 5.96. The van der Waals surface area contributed by atoms with Crippen LogP contribution in [0.15, 0.2) is 24.5 Å². The van der Waals surface area contributed by atoms with Gasteiger partial charge in [0.05, 0.1) is 30.5 Å². The predicted octanol–water partition coefficient (Wildman–Crippen LogP) is 4.36. The van der Waals surface area contributed by atoms with Gasteiger partial charge in [0.15, 0.2) is 5.78 Å². The minimum atomic E-state index is -4.54.